The highest BCUT2D eigenvalue weighted by Gasteiger charge is 2.34. The first-order chi connectivity index (χ1) is 5.88. The molecule has 1 aliphatic carbocycles. The first-order valence-corrected chi connectivity index (χ1v) is 3.78. The smallest absolute Gasteiger partial charge is 0.399 e. The predicted molar refractivity (Wildman–Crippen MR) is 41.5 cm³/mol. The van der Waals surface area contributed by atoms with Crippen LogP contribution in [0.5, 0.6) is 0 Å². The van der Waals surface area contributed by atoms with Crippen LogP contribution in [0.1, 0.15) is 6.92 Å². The van der Waals surface area contributed by atoms with E-state index in [2.05, 4.69) is 4.74 Å². The van der Waals surface area contributed by atoms with Crippen molar-refractivity contribution in [1.82, 2.24) is 0 Å². The van der Waals surface area contributed by atoms with E-state index in [1.807, 2.05) is 0 Å². The largest absolute Gasteiger partial charge is 0.523 e. The van der Waals surface area contributed by atoms with Gasteiger partial charge in [-0.3, -0.25) is 4.74 Å². The van der Waals surface area contributed by atoms with Crippen molar-refractivity contribution in [3.63, 3.8) is 0 Å². The minimum Gasteiger partial charge on any atom is -0.399 e. The van der Waals surface area contributed by atoms with Crippen LogP contribution < -0.4 is 5.73 Å². The Morgan fingerprint density at radius 1 is 1.46 bits per heavy atom. The summed E-state index contributed by atoms with van der Waals surface area (Å²) in [5.74, 6) is -0.355. The third-order valence-corrected chi connectivity index (χ3v) is 1.72. The summed E-state index contributed by atoms with van der Waals surface area (Å²) in [4.78, 5) is 0. The molecule has 0 aliphatic heterocycles. The molecule has 1 aliphatic rings. The van der Waals surface area contributed by atoms with E-state index < -0.39 is 12.5 Å². The lowest BCUT2D eigenvalue weighted by Crippen LogP contribution is -2.29. The van der Waals surface area contributed by atoms with Gasteiger partial charge in [0.2, 0.25) is 0 Å². The molecule has 0 saturated carbocycles. The molecule has 13 heavy (non-hydrogen) atoms. The molecule has 1 rings (SSSR count). The van der Waals surface area contributed by atoms with Gasteiger partial charge in [-0.15, -0.1) is 13.2 Å². The van der Waals surface area contributed by atoms with Crippen molar-refractivity contribution in [1.29, 1.82) is 0 Å². The van der Waals surface area contributed by atoms with Gasteiger partial charge in [0.15, 0.2) is 0 Å². The predicted octanol–water partition coefficient (Wildman–Crippen LogP) is 1.94. The summed E-state index contributed by atoms with van der Waals surface area (Å²) < 4.78 is 39.3. The topological polar surface area (TPSA) is 35.2 Å². The van der Waals surface area contributed by atoms with Crippen molar-refractivity contribution < 1.29 is 17.9 Å². The fourth-order valence-corrected chi connectivity index (χ4v) is 1.14. The van der Waals surface area contributed by atoms with Gasteiger partial charge in [-0.05, 0) is 6.08 Å². The monoisotopic (exact) mass is 193 g/mol. The first kappa shape index (κ1) is 10.1. The maximum atomic E-state index is 11.8. The van der Waals surface area contributed by atoms with E-state index >= 15 is 0 Å². The van der Waals surface area contributed by atoms with Crippen LogP contribution in [0.3, 0.4) is 0 Å². The van der Waals surface area contributed by atoms with Crippen molar-refractivity contribution in [3.05, 3.63) is 23.9 Å². The number of ether oxygens (including phenoxy) is 1. The molecule has 0 aromatic heterocycles. The van der Waals surface area contributed by atoms with Gasteiger partial charge in [0.1, 0.15) is 0 Å². The number of hydrogen-bond acceptors (Lipinski definition) is 2. The summed E-state index contributed by atoms with van der Waals surface area (Å²) in [5, 5.41) is 0. The van der Waals surface area contributed by atoms with Gasteiger partial charge in [0.05, 0.1) is 6.10 Å². The highest BCUT2D eigenvalue weighted by Crippen LogP contribution is 2.26. The number of alkyl halides is 3. The Morgan fingerprint density at radius 3 is 2.54 bits per heavy atom. The van der Waals surface area contributed by atoms with Crippen LogP contribution in [0, 0.1) is 5.92 Å². The highest BCUT2D eigenvalue weighted by molar-refractivity contribution is 5.23. The standard InChI is InChI=1S/C8H10F3NO/c1-5-4-6(12)2-3-7(5)13-8(9,10)11/h2-5,7H,12H2,1H3. The zero-order chi connectivity index (χ0) is 10.1. The van der Waals surface area contributed by atoms with Crippen molar-refractivity contribution in [2.75, 3.05) is 0 Å². The van der Waals surface area contributed by atoms with Gasteiger partial charge in [0.25, 0.3) is 0 Å². The van der Waals surface area contributed by atoms with E-state index in [-0.39, 0.29) is 5.92 Å². The summed E-state index contributed by atoms with van der Waals surface area (Å²) >= 11 is 0. The van der Waals surface area contributed by atoms with Crippen LogP contribution in [-0.2, 0) is 4.74 Å². The average Bonchev–Trinajstić information content (AvgIpc) is 1.93. The third-order valence-electron chi connectivity index (χ3n) is 1.72. The molecule has 0 aromatic carbocycles. The number of hydrogen-bond donors (Lipinski definition) is 1. The Labute approximate surface area is 73.9 Å². The molecule has 0 amide bonds. The van der Waals surface area contributed by atoms with Crippen molar-refractivity contribution in [2.45, 2.75) is 19.4 Å². The van der Waals surface area contributed by atoms with Crippen LogP contribution in [0.15, 0.2) is 23.9 Å². The molecule has 2 N–H and O–H groups in total. The normalized spacial score (nSPS) is 28.8. The summed E-state index contributed by atoms with van der Waals surface area (Å²) in [6.45, 7) is 1.62. The SMILES string of the molecule is CC1C=C(N)C=CC1OC(F)(F)F. The van der Waals surface area contributed by atoms with E-state index in [0.29, 0.717) is 5.70 Å². The van der Waals surface area contributed by atoms with Gasteiger partial charge in [-0.25, -0.2) is 0 Å². The zero-order valence-corrected chi connectivity index (χ0v) is 7.01. The summed E-state index contributed by atoms with van der Waals surface area (Å²) in [6, 6.07) is 0. The van der Waals surface area contributed by atoms with E-state index in [0.717, 1.165) is 0 Å². The molecule has 0 spiro atoms. The van der Waals surface area contributed by atoms with Crippen molar-refractivity contribution >= 4 is 0 Å². The second-order valence-electron chi connectivity index (χ2n) is 2.91. The lowest BCUT2D eigenvalue weighted by Gasteiger charge is -2.23. The van der Waals surface area contributed by atoms with E-state index in [1.54, 1.807) is 6.92 Å². The molecule has 2 nitrogen and oxygen atoms in total. The fourth-order valence-electron chi connectivity index (χ4n) is 1.14. The summed E-state index contributed by atoms with van der Waals surface area (Å²) in [7, 11) is 0. The second-order valence-corrected chi connectivity index (χ2v) is 2.91. The van der Waals surface area contributed by atoms with E-state index in [9.17, 15) is 13.2 Å². The van der Waals surface area contributed by atoms with Crippen molar-refractivity contribution in [3.8, 4) is 0 Å². The van der Waals surface area contributed by atoms with Gasteiger partial charge in [0, 0.05) is 11.6 Å². The maximum absolute atomic E-state index is 11.8. The van der Waals surface area contributed by atoms with Gasteiger partial charge >= 0.3 is 6.36 Å². The van der Waals surface area contributed by atoms with Crippen LogP contribution in [0.25, 0.3) is 0 Å². The van der Waals surface area contributed by atoms with Crippen LogP contribution >= 0.6 is 0 Å². The Balaban J connectivity index is 2.60. The van der Waals surface area contributed by atoms with Crippen molar-refractivity contribution in [2.24, 2.45) is 11.7 Å². The molecular weight excluding hydrogens is 183 g/mol. The van der Waals surface area contributed by atoms with E-state index in [4.69, 9.17) is 5.73 Å². The Bertz CT molecular complexity index is 244. The maximum Gasteiger partial charge on any atom is 0.523 e. The highest BCUT2D eigenvalue weighted by atomic mass is 19.4. The van der Waals surface area contributed by atoms with Crippen LogP contribution in [-0.4, -0.2) is 12.5 Å². The minimum absolute atomic E-state index is 0.355. The average molecular weight is 193 g/mol. The van der Waals surface area contributed by atoms with Gasteiger partial charge in [-0.2, -0.15) is 0 Å². The number of allylic oxidation sites excluding steroid dienone is 1. The quantitative estimate of drug-likeness (QED) is 0.690. The lowest BCUT2D eigenvalue weighted by atomic mass is 9.98. The minimum atomic E-state index is -4.59. The number of rotatable bonds is 1. The molecule has 0 heterocycles. The van der Waals surface area contributed by atoms with Gasteiger partial charge < -0.3 is 5.73 Å². The Hall–Kier alpha value is -0.970. The molecule has 0 saturated heterocycles. The van der Waals surface area contributed by atoms with Crippen LogP contribution in [0.4, 0.5) is 13.2 Å². The first-order valence-electron chi connectivity index (χ1n) is 3.78. The van der Waals surface area contributed by atoms with Crippen LogP contribution in [0.2, 0.25) is 0 Å². The molecule has 0 radical (unpaired) electrons. The lowest BCUT2D eigenvalue weighted by molar-refractivity contribution is -0.339. The molecule has 0 fully saturated rings. The number of halogens is 3. The molecule has 2 unspecified atom stereocenters. The van der Waals surface area contributed by atoms with E-state index in [1.165, 1.54) is 18.2 Å². The molecule has 74 valence electrons. The molecular formula is C8H10F3NO. The fraction of sp³-hybridized carbons (Fsp3) is 0.500. The molecule has 5 heteroatoms. The van der Waals surface area contributed by atoms with Gasteiger partial charge in [-0.1, -0.05) is 19.1 Å². The molecule has 0 bridgehead atoms. The second kappa shape index (κ2) is 3.41. The summed E-state index contributed by atoms with van der Waals surface area (Å²) in [5.41, 5.74) is 5.86. The summed E-state index contributed by atoms with van der Waals surface area (Å²) in [6.07, 6.45) is -1.30. The number of nitrogens with two attached hydrogens (primary N) is 1. The Morgan fingerprint density at radius 2 is 2.08 bits per heavy atom. The Kier molecular flexibility index (Phi) is 2.66. The molecule has 0 aromatic rings. The third kappa shape index (κ3) is 3.10. The zero-order valence-electron chi connectivity index (χ0n) is 7.01. The molecule has 2 atom stereocenters.